The van der Waals surface area contributed by atoms with Gasteiger partial charge in [0, 0.05) is 19.7 Å². The Bertz CT molecular complexity index is 749. The fraction of sp³-hybridized carbons (Fsp3) is 0.250. The minimum atomic E-state index is -3.50. The molecule has 8 nitrogen and oxygen atoms in total. The van der Waals surface area contributed by atoms with Crippen molar-refractivity contribution in [1.82, 2.24) is 19.5 Å². The number of benzene rings is 1. The Balaban J connectivity index is 2.17. The van der Waals surface area contributed by atoms with E-state index in [1.54, 1.807) is 6.92 Å². The summed E-state index contributed by atoms with van der Waals surface area (Å²) in [6.07, 6.45) is 0. The number of hydrogen-bond donors (Lipinski definition) is 2. The zero-order valence-electron chi connectivity index (χ0n) is 11.8. The molecular weight excluding hydrogens is 294 g/mol. The highest BCUT2D eigenvalue weighted by atomic mass is 32.2. The topological polar surface area (TPSA) is 108 Å². The van der Waals surface area contributed by atoms with Crippen molar-refractivity contribution in [2.24, 2.45) is 0 Å². The van der Waals surface area contributed by atoms with Crippen LogP contribution in [0.4, 0.5) is 5.95 Å². The summed E-state index contributed by atoms with van der Waals surface area (Å²) in [7, 11) is -0.611. The molecule has 9 heteroatoms. The van der Waals surface area contributed by atoms with Gasteiger partial charge in [-0.25, -0.2) is 12.7 Å². The maximum Gasteiger partial charge on any atom is 0.258 e. The Labute approximate surface area is 122 Å². The third-order valence-corrected chi connectivity index (χ3v) is 4.55. The van der Waals surface area contributed by atoms with E-state index in [0.717, 1.165) is 4.31 Å². The van der Waals surface area contributed by atoms with Crippen LogP contribution in [0, 0.1) is 6.92 Å². The molecule has 1 aromatic heterocycles. The number of aromatic amines is 1. The number of hydrogen-bond acceptors (Lipinski definition) is 5. The second-order valence-electron chi connectivity index (χ2n) is 4.51. The quantitative estimate of drug-likeness (QED) is 0.860. The molecule has 0 radical (unpaired) electrons. The van der Waals surface area contributed by atoms with Crippen molar-refractivity contribution in [2.75, 3.05) is 19.4 Å². The van der Waals surface area contributed by atoms with Crippen LogP contribution in [0.15, 0.2) is 29.2 Å². The van der Waals surface area contributed by atoms with Gasteiger partial charge in [0.15, 0.2) is 0 Å². The lowest BCUT2D eigenvalue weighted by molar-refractivity contribution is 0.102. The van der Waals surface area contributed by atoms with Gasteiger partial charge >= 0.3 is 0 Å². The lowest BCUT2D eigenvalue weighted by atomic mass is 10.2. The van der Waals surface area contributed by atoms with Gasteiger partial charge in [-0.3, -0.25) is 15.2 Å². The normalized spacial score (nSPS) is 11.6. The molecule has 0 aliphatic carbocycles. The third kappa shape index (κ3) is 3.26. The molecule has 0 saturated carbocycles. The van der Waals surface area contributed by atoms with E-state index in [2.05, 4.69) is 20.5 Å². The maximum atomic E-state index is 12.0. The van der Waals surface area contributed by atoms with Crippen LogP contribution in [0.2, 0.25) is 0 Å². The summed E-state index contributed by atoms with van der Waals surface area (Å²) < 4.78 is 24.9. The third-order valence-electron chi connectivity index (χ3n) is 2.72. The SMILES string of the molecule is Cc1nc(NC(=O)c2ccc(S(=O)(=O)N(C)C)cc2)n[nH]1. The highest BCUT2D eigenvalue weighted by Gasteiger charge is 2.17. The molecule has 0 aliphatic heterocycles. The van der Waals surface area contributed by atoms with Crippen LogP contribution in [-0.4, -0.2) is 47.9 Å². The second-order valence-corrected chi connectivity index (χ2v) is 6.66. The molecule has 2 aromatic rings. The van der Waals surface area contributed by atoms with E-state index in [4.69, 9.17) is 0 Å². The van der Waals surface area contributed by atoms with Crippen molar-refractivity contribution in [3.05, 3.63) is 35.7 Å². The molecule has 1 heterocycles. The molecule has 0 aliphatic rings. The van der Waals surface area contributed by atoms with Crippen LogP contribution in [0.25, 0.3) is 0 Å². The van der Waals surface area contributed by atoms with Crippen molar-refractivity contribution in [2.45, 2.75) is 11.8 Å². The van der Waals surface area contributed by atoms with Crippen molar-refractivity contribution < 1.29 is 13.2 Å². The van der Waals surface area contributed by atoms with E-state index in [0.29, 0.717) is 11.4 Å². The average Bonchev–Trinajstić information content (AvgIpc) is 2.84. The van der Waals surface area contributed by atoms with E-state index < -0.39 is 15.9 Å². The molecule has 2 N–H and O–H groups in total. The van der Waals surface area contributed by atoms with Gasteiger partial charge in [0.1, 0.15) is 5.82 Å². The van der Waals surface area contributed by atoms with Gasteiger partial charge in [-0.15, -0.1) is 5.10 Å². The Hall–Kier alpha value is -2.26. The summed E-state index contributed by atoms with van der Waals surface area (Å²) in [5.41, 5.74) is 0.315. The summed E-state index contributed by atoms with van der Waals surface area (Å²) in [6.45, 7) is 1.71. The monoisotopic (exact) mass is 309 g/mol. The van der Waals surface area contributed by atoms with Crippen LogP contribution < -0.4 is 5.32 Å². The number of nitrogens with one attached hydrogen (secondary N) is 2. The number of aryl methyl sites for hydroxylation is 1. The molecule has 0 unspecified atom stereocenters. The smallest absolute Gasteiger partial charge is 0.258 e. The number of H-pyrrole nitrogens is 1. The van der Waals surface area contributed by atoms with Crippen molar-refractivity contribution in [1.29, 1.82) is 0 Å². The number of rotatable bonds is 4. The first-order valence-corrected chi connectivity index (χ1v) is 7.47. The Morgan fingerprint density at radius 2 is 1.86 bits per heavy atom. The lowest BCUT2D eigenvalue weighted by Gasteiger charge is -2.11. The fourth-order valence-electron chi connectivity index (χ4n) is 1.56. The molecule has 0 saturated heterocycles. The lowest BCUT2D eigenvalue weighted by Crippen LogP contribution is -2.22. The van der Waals surface area contributed by atoms with Crippen molar-refractivity contribution in [3.8, 4) is 0 Å². The van der Waals surface area contributed by atoms with Gasteiger partial charge in [-0.1, -0.05) is 0 Å². The number of aromatic nitrogens is 3. The first-order chi connectivity index (χ1) is 9.80. The standard InChI is InChI=1S/C12H15N5O3S/c1-8-13-12(16-15-8)14-11(18)9-4-6-10(7-5-9)21(19,20)17(2)3/h4-7H,1-3H3,(H2,13,14,15,16,18). The second kappa shape index (κ2) is 5.62. The van der Waals surface area contributed by atoms with Gasteiger partial charge in [0.25, 0.3) is 5.91 Å². The first-order valence-electron chi connectivity index (χ1n) is 6.03. The number of sulfonamides is 1. The first kappa shape index (κ1) is 15.1. The summed E-state index contributed by atoms with van der Waals surface area (Å²) in [4.78, 5) is 16.0. The molecule has 0 atom stereocenters. The highest BCUT2D eigenvalue weighted by molar-refractivity contribution is 7.89. The largest absolute Gasteiger partial charge is 0.289 e. The van der Waals surface area contributed by atoms with Gasteiger partial charge < -0.3 is 0 Å². The minimum Gasteiger partial charge on any atom is -0.289 e. The van der Waals surface area contributed by atoms with Crippen LogP contribution in [-0.2, 0) is 10.0 Å². The van der Waals surface area contributed by atoms with E-state index in [-0.39, 0.29) is 10.8 Å². The summed E-state index contributed by atoms with van der Waals surface area (Å²) >= 11 is 0. The zero-order chi connectivity index (χ0) is 15.6. The van der Waals surface area contributed by atoms with Gasteiger partial charge in [0.05, 0.1) is 4.90 Å². The number of amides is 1. The number of carbonyl (C=O) groups excluding carboxylic acids is 1. The summed E-state index contributed by atoms with van der Waals surface area (Å²) in [5.74, 6) is 0.336. The zero-order valence-corrected chi connectivity index (χ0v) is 12.6. The van der Waals surface area contributed by atoms with Crippen LogP contribution in [0.5, 0.6) is 0 Å². The molecule has 0 fully saturated rings. The molecule has 21 heavy (non-hydrogen) atoms. The predicted octanol–water partition coefficient (Wildman–Crippen LogP) is 0.616. The van der Waals surface area contributed by atoms with E-state index >= 15 is 0 Å². The molecule has 112 valence electrons. The van der Waals surface area contributed by atoms with Gasteiger partial charge in [-0.05, 0) is 31.2 Å². The molecule has 0 bridgehead atoms. The fourth-order valence-corrected chi connectivity index (χ4v) is 2.46. The van der Waals surface area contributed by atoms with E-state index in [9.17, 15) is 13.2 Å². The molecule has 1 amide bonds. The van der Waals surface area contributed by atoms with Crippen molar-refractivity contribution >= 4 is 21.9 Å². The average molecular weight is 309 g/mol. The van der Waals surface area contributed by atoms with Gasteiger partial charge in [0.2, 0.25) is 16.0 Å². The highest BCUT2D eigenvalue weighted by Crippen LogP contribution is 2.14. The molecule has 1 aromatic carbocycles. The molecular formula is C12H15N5O3S. The Morgan fingerprint density at radius 1 is 1.24 bits per heavy atom. The number of anilines is 1. The van der Waals surface area contributed by atoms with Crippen LogP contribution in [0.3, 0.4) is 0 Å². The number of carbonyl (C=O) groups is 1. The molecule has 2 rings (SSSR count). The maximum absolute atomic E-state index is 12.0. The van der Waals surface area contributed by atoms with Crippen LogP contribution >= 0.6 is 0 Å². The minimum absolute atomic E-state index is 0.123. The van der Waals surface area contributed by atoms with Crippen molar-refractivity contribution in [3.63, 3.8) is 0 Å². The predicted molar refractivity (Wildman–Crippen MR) is 76.4 cm³/mol. The summed E-state index contributed by atoms with van der Waals surface area (Å²) in [6, 6.07) is 5.64. The Kier molecular flexibility index (Phi) is 4.05. The summed E-state index contributed by atoms with van der Waals surface area (Å²) in [5, 5.41) is 8.90. The van der Waals surface area contributed by atoms with E-state index in [1.165, 1.54) is 38.4 Å². The molecule has 0 spiro atoms. The van der Waals surface area contributed by atoms with Crippen LogP contribution in [0.1, 0.15) is 16.2 Å². The number of nitrogens with zero attached hydrogens (tertiary/aromatic N) is 3. The van der Waals surface area contributed by atoms with Gasteiger partial charge in [-0.2, -0.15) is 4.98 Å². The Morgan fingerprint density at radius 3 is 2.33 bits per heavy atom. The van der Waals surface area contributed by atoms with E-state index in [1.807, 2.05) is 0 Å².